The molecule has 1 amide bonds. The number of carboxylic acid groups (broad SMARTS) is 1. The van der Waals surface area contributed by atoms with Crippen molar-refractivity contribution in [2.24, 2.45) is 5.73 Å². The summed E-state index contributed by atoms with van der Waals surface area (Å²) in [6.45, 7) is 1.64. The van der Waals surface area contributed by atoms with Crippen LogP contribution in [0, 0.1) is 0 Å². The molecule has 0 heterocycles. The minimum atomic E-state index is -4.87. The van der Waals surface area contributed by atoms with Crippen LogP contribution in [0.25, 0.3) is 0 Å². The molecule has 0 saturated carbocycles. The van der Waals surface area contributed by atoms with Crippen molar-refractivity contribution in [1.82, 2.24) is 5.32 Å². The third kappa shape index (κ3) is 10.7. The van der Waals surface area contributed by atoms with E-state index in [1.807, 2.05) is 0 Å². The number of phosphoric ester groups is 1. The van der Waals surface area contributed by atoms with Crippen LogP contribution in [0.5, 0.6) is 0 Å². The number of carboxylic acids is 1. The van der Waals surface area contributed by atoms with Crippen molar-refractivity contribution in [2.45, 2.75) is 51.1 Å². The molecule has 2 atom stereocenters. The average Bonchev–Trinajstić information content (AvgIpc) is 2.23. The van der Waals surface area contributed by atoms with Gasteiger partial charge in [0.2, 0.25) is 0 Å². The smallest absolute Gasteiger partial charge is 0.481 e. The van der Waals surface area contributed by atoms with E-state index in [1.54, 1.807) is 6.92 Å². The number of phosphoric acid groups is 1. The molecule has 6 N–H and O–H groups in total. The maximum atomic E-state index is 11.2. The minimum absolute atomic E-state index is 0.0799. The first-order valence-electron chi connectivity index (χ1n) is 6.15. The molecule has 20 heavy (non-hydrogen) atoms. The Hall–Kier alpha value is -1.15. The van der Waals surface area contributed by atoms with Crippen LogP contribution in [0.3, 0.4) is 0 Å². The van der Waals surface area contributed by atoms with Gasteiger partial charge in [-0.05, 0) is 19.8 Å². The van der Waals surface area contributed by atoms with Crippen LogP contribution in [0.1, 0.15) is 39.0 Å². The van der Waals surface area contributed by atoms with Crippen LogP contribution < -0.4 is 11.1 Å². The van der Waals surface area contributed by atoms with Gasteiger partial charge in [0.25, 0.3) is 0 Å². The molecule has 0 bridgehead atoms. The number of unbranched alkanes of at least 4 members (excludes halogenated alkanes) is 2. The van der Waals surface area contributed by atoms with Crippen LogP contribution in [0.4, 0.5) is 4.79 Å². The number of nitrogens with one attached hydrogen (secondary N) is 1. The lowest BCUT2D eigenvalue weighted by Gasteiger charge is -2.21. The Morgan fingerprint density at radius 1 is 1.30 bits per heavy atom. The van der Waals surface area contributed by atoms with E-state index in [0.29, 0.717) is 25.7 Å². The van der Waals surface area contributed by atoms with E-state index in [2.05, 4.69) is 9.84 Å². The van der Waals surface area contributed by atoms with E-state index in [-0.39, 0.29) is 6.42 Å². The largest absolute Gasteiger partial charge is 0.528 e. The highest BCUT2D eigenvalue weighted by molar-refractivity contribution is 7.46. The van der Waals surface area contributed by atoms with Gasteiger partial charge in [-0.3, -0.25) is 14.6 Å². The van der Waals surface area contributed by atoms with Gasteiger partial charge in [-0.25, -0.2) is 9.36 Å². The SMILES string of the molecule is C[C@H](N)[C@@H](CCCCCC(=O)O)NC(=O)OP(=O)(O)O. The van der Waals surface area contributed by atoms with E-state index >= 15 is 0 Å². The predicted molar refractivity (Wildman–Crippen MR) is 69.8 cm³/mol. The summed E-state index contributed by atoms with van der Waals surface area (Å²) in [7, 11) is -4.87. The Morgan fingerprint density at radius 2 is 1.90 bits per heavy atom. The second-order valence-electron chi connectivity index (χ2n) is 4.47. The first-order chi connectivity index (χ1) is 9.11. The Balaban J connectivity index is 4.08. The third-order valence-electron chi connectivity index (χ3n) is 2.55. The number of hydrogen-bond acceptors (Lipinski definition) is 5. The second-order valence-corrected chi connectivity index (χ2v) is 5.64. The van der Waals surface area contributed by atoms with Gasteiger partial charge in [0.15, 0.2) is 0 Å². The number of nitrogens with two attached hydrogens (primary N) is 1. The molecule has 0 unspecified atom stereocenters. The first-order valence-corrected chi connectivity index (χ1v) is 7.68. The van der Waals surface area contributed by atoms with Gasteiger partial charge < -0.3 is 20.7 Å². The Bertz CT molecular complexity index is 369. The maximum Gasteiger partial charge on any atom is 0.528 e. The average molecular weight is 312 g/mol. The number of rotatable bonds is 9. The van der Waals surface area contributed by atoms with Crippen molar-refractivity contribution in [3.8, 4) is 0 Å². The molecule has 0 aromatic rings. The summed E-state index contributed by atoms with van der Waals surface area (Å²) in [4.78, 5) is 38.5. The third-order valence-corrected chi connectivity index (χ3v) is 2.95. The van der Waals surface area contributed by atoms with Crippen LogP contribution in [0.2, 0.25) is 0 Å². The highest BCUT2D eigenvalue weighted by atomic mass is 31.2. The van der Waals surface area contributed by atoms with Crippen LogP contribution in [-0.2, 0) is 13.9 Å². The Kier molecular flexibility index (Phi) is 8.40. The topological polar surface area (TPSA) is 159 Å². The zero-order chi connectivity index (χ0) is 15.8. The summed E-state index contributed by atoms with van der Waals surface area (Å²) in [5.74, 6) is -0.864. The number of hydrogen-bond donors (Lipinski definition) is 5. The lowest BCUT2D eigenvalue weighted by molar-refractivity contribution is -0.137. The fourth-order valence-electron chi connectivity index (χ4n) is 1.57. The van der Waals surface area contributed by atoms with Gasteiger partial charge in [-0.2, -0.15) is 0 Å². The van der Waals surface area contributed by atoms with Crippen LogP contribution >= 0.6 is 7.82 Å². The molecular weight excluding hydrogens is 291 g/mol. The zero-order valence-electron chi connectivity index (χ0n) is 11.2. The summed E-state index contributed by atoms with van der Waals surface area (Å²) in [6.07, 6.45) is 1.13. The van der Waals surface area contributed by atoms with E-state index < -0.39 is 32.0 Å². The van der Waals surface area contributed by atoms with Gasteiger partial charge in [-0.15, -0.1) is 0 Å². The molecule has 0 rings (SSSR count). The summed E-state index contributed by atoms with van der Waals surface area (Å²) >= 11 is 0. The lowest BCUT2D eigenvalue weighted by atomic mass is 10.0. The number of carbonyl (C=O) groups is 2. The van der Waals surface area contributed by atoms with E-state index in [1.165, 1.54) is 0 Å². The molecular formula is C10H21N2O7P. The normalized spacial score (nSPS) is 14.4. The zero-order valence-corrected chi connectivity index (χ0v) is 12.1. The van der Waals surface area contributed by atoms with Crippen LogP contribution in [-0.4, -0.2) is 39.0 Å². The Morgan fingerprint density at radius 3 is 2.35 bits per heavy atom. The summed E-state index contributed by atoms with van der Waals surface area (Å²) in [5, 5.41) is 10.7. The fourth-order valence-corrected chi connectivity index (χ4v) is 1.84. The number of aliphatic carboxylic acids is 1. The second kappa shape index (κ2) is 8.91. The highest BCUT2D eigenvalue weighted by Gasteiger charge is 2.23. The van der Waals surface area contributed by atoms with Crippen molar-refractivity contribution >= 4 is 19.9 Å². The fraction of sp³-hybridized carbons (Fsp3) is 0.800. The minimum Gasteiger partial charge on any atom is -0.481 e. The first kappa shape index (κ1) is 18.9. The van der Waals surface area contributed by atoms with Gasteiger partial charge >= 0.3 is 19.9 Å². The molecule has 0 aliphatic carbocycles. The maximum absolute atomic E-state index is 11.2. The monoisotopic (exact) mass is 312 g/mol. The molecule has 0 spiro atoms. The van der Waals surface area contributed by atoms with Crippen LogP contribution in [0.15, 0.2) is 0 Å². The molecule has 0 radical (unpaired) electrons. The molecule has 0 aliphatic rings. The summed E-state index contributed by atoms with van der Waals surface area (Å²) in [6, 6.07) is -0.933. The number of amides is 1. The molecule has 0 aliphatic heterocycles. The van der Waals surface area contributed by atoms with Gasteiger partial charge in [0.1, 0.15) is 0 Å². The molecule has 0 saturated heterocycles. The molecule has 9 nitrogen and oxygen atoms in total. The molecule has 118 valence electrons. The summed E-state index contributed by atoms with van der Waals surface area (Å²) in [5.41, 5.74) is 5.65. The molecule has 0 aromatic heterocycles. The lowest BCUT2D eigenvalue weighted by Crippen LogP contribution is -2.46. The highest BCUT2D eigenvalue weighted by Crippen LogP contribution is 2.35. The summed E-state index contributed by atoms with van der Waals surface area (Å²) < 4.78 is 14.3. The quantitative estimate of drug-likeness (QED) is 0.305. The molecule has 10 heteroatoms. The van der Waals surface area contributed by atoms with Crippen molar-refractivity contribution in [3.63, 3.8) is 0 Å². The predicted octanol–water partition coefficient (Wildman–Crippen LogP) is 0.556. The Labute approximate surface area is 116 Å². The molecule has 0 fully saturated rings. The van der Waals surface area contributed by atoms with E-state index in [9.17, 15) is 14.2 Å². The van der Waals surface area contributed by atoms with Crippen molar-refractivity contribution in [3.05, 3.63) is 0 Å². The van der Waals surface area contributed by atoms with Gasteiger partial charge in [0.05, 0.1) is 0 Å². The van der Waals surface area contributed by atoms with E-state index in [4.69, 9.17) is 20.6 Å². The van der Waals surface area contributed by atoms with Crippen molar-refractivity contribution in [2.75, 3.05) is 0 Å². The van der Waals surface area contributed by atoms with Gasteiger partial charge in [-0.1, -0.05) is 12.8 Å². The van der Waals surface area contributed by atoms with E-state index in [0.717, 1.165) is 0 Å². The van der Waals surface area contributed by atoms with Gasteiger partial charge in [0, 0.05) is 18.5 Å². The van der Waals surface area contributed by atoms with Crippen molar-refractivity contribution in [1.29, 1.82) is 0 Å². The number of carbonyl (C=O) groups excluding carboxylic acids is 1. The van der Waals surface area contributed by atoms with Crippen molar-refractivity contribution < 1.29 is 33.6 Å². The standard InChI is InChI=1S/C10H21N2O7P/c1-7(11)8(5-3-2-4-6-9(13)14)12-10(15)19-20(16,17)18/h7-8H,2-6,11H2,1H3,(H,12,15)(H,13,14)(H2,16,17,18)/t7-,8+/m0/s1. The molecule has 0 aromatic carbocycles.